The second-order valence-electron chi connectivity index (χ2n) is 5.86. The fourth-order valence-electron chi connectivity index (χ4n) is 3.38. The summed E-state index contributed by atoms with van der Waals surface area (Å²) in [6, 6.07) is 0.838. The van der Waals surface area contributed by atoms with E-state index in [0.29, 0.717) is 0 Å². The first-order valence-electron chi connectivity index (χ1n) is 7.21. The highest BCUT2D eigenvalue weighted by Crippen LogP contribution is 2.28. The molecule has 0 aromatic heterocycles. The van der Waals surface area contributed by atoms with Gasteiger partial charge in [-0.1, -0.05) is 19.8 Å². The van der Waals surface area contributed by atoms with E-state index in [4.69, 9.17) is 0 Å². The van der Waals surface area contributed by atoms with Crippen molar-refractivity contribution in [2.45, 2.75) is 51.5 Å². The van der Waals surface area contributed by atoms with E-state index in [1.165, 1.54) is 58.2 Å². The van der Waals surface area contributed by atoms with Crippen molar-refractivity contribution in [1.29, 1.82) is 0 Å². The smallest absolute Gasteiger partial charge is 0.00953 e. The molecule has 2 heteroatoms. The van der Waals surface area contributed by atoms with Crippen LogP contribution in [0.2, 0.25) is 0 Å². The monoisotopic (exact) mass is 224 g/mol. The van der Waals surface area contributed by atoms with E-state index in [1.54, 1.807) is 0 Å². The number of hydrogen-bond acceptors (Lipinski definition) is 2. The van der Waals surface area contributed by atoms with E-state index >= 15 is 0 Å². The Bertz CT molecular complexity index is 197. The maximum atomic E-state index is 3.85. The van der Waals surface area contributed by atoms with E-state index in [9.17, 15) is 0 Å². The summed E-state index contributed by atoms with van der Waals surface area (Å²) >= 11 is 0. The van der Waals surface area contributed by atoms with Gasteiger partial charge in [0.15, 0.2) is 0 Å². The molecule has 0 aromatic carbocycles. The predicted molar refractivity (Wildman–Crippen MR) is 69.6 cm³/mol. The molecule has 1 aliphatic carbocycles. The molecule has 2 aliphatic rings. The third kappa shape index (κ3) is 3.21. The Morgan fingerprint density at radius 2 is 1.88 bits per heavy atom. The van der Waals surface area contributed by atoms with Crippen molar-refractivity contribution in [3.05, 3.63) is 0 Å². The lowest BCUT2D eigenvalue weighted by Crippen LogP contribution is -2.39. The van der Waals surface area contributed by atoms with Gasteiger partial charge in [-0.2, -0.15) is 0 Å². The van der Waals surface area contributed by atoms with E-state index in [2.05, 4.69) is 24.2 Å². The standard InChI is InChI=1S/C14H28N2/c1-3-13-5-4-6-14(13)15-11-12-7-9-16(2)10-8-12/h12-15H,3-11H2,1-2H3. The Morgan fingerprint density at radius 1 is 1.12 bits per heavy atom. The molecular formula is C14H28N2. The fourth-order valence-corrected chi connectivity index (χ4v) is 3.38. The highest BCUT2D eigenvalue weighted by atomic mass is 15.1. The van der Waals surface area contributed by atoms with Crippen LogP contribution in [-0.4, -0.2) is 37.6 Å². The van der Waals surface area contributed by atoms with Crippen molar-refractivity contribution in [1.82, 2.24) is 10.2 Å². The van der Waals surface area contributed by atoms with Crippen molar-refractivity contribution in [3.8, 4) is 0 Å². The summed E-state index contributed by atoms with van der Waals surface area (Å²) in [6.07, 6.45) is 8.49. The molecule has 1 N–H and O–H groups in total. The highest BCUT2D eigenvalue weighted by molar-refractivity contribution is 4.83. The molecule has 16 heavy (non-hydrogen) atoms. The summed E-state index contributed by atoms with van der Waals surface area (Å²) < 4.78 is 0. The van der Waals surface area contributed by atoms with Crippen LogP contribution in [0.1, 0.15) is 45.4 Å². The summed E-state index contributed by atoms with van der Waals surface area (Å²) in [5.41, 5.74) is 0. The van der Waals surface area contributed by atoms with Crippen LogP contribution in [0.5, 0.6) is 0 Å². The summed E-state index contributed by atoms with van der Waals surface area (Å²) in [7, 11) is 2.24. The van der Waals surface area contributed by atoms with Crippen LogP contribution >= 0.6 is 0 Å². The zero-order chi connectivity index (χ0) is 11.4. The van der Waals surface area contributed by atoms with Gasteiger partial charge in [0.25, 0.3) is 0 Å². The summed E-state index contributed by atoms with van der Waals surface area (Å²) in [4.78, 5) is 2.46. The maximum absolute atomic E-state index is 3.85. The molecule has 2 nitrogen and oxygen atoms in total. The number of rotatable bonds is 4. The van der Waals surface area contributed by atoms with Gasteiger partial charge in [-0.15, -0.1) is 0 Å². The molecule has 0 bridgehead atoms. The van der Waals surface area contributed by atoms with E-state index in [0.717, 1.165) is 17.9 Å². The Kier molecular flexibility index (Phi) is 4.66. The van der Waals surface area contributed by atoms with Crippen molar-refractivity contribution < 1.29 is 0 Å². The Labute approximate surface area is 101 Å². The minimum atomic E-state index is 0.838. The average Bonchev–Trinajstić information content (AvgIpc) is 2.76. The van der Waals surface area contributed by atoms with Gasteiger partial charge >= 0.3 is 0 Å². The minimum absolute atomic E-state index is 0.838. The number of nitrogens with zero attached hydrogens (tertiary/aromatic N) is 1. The van der Waals surface area contributed by atoms with Gasteiger partial charge in [-0.05, 0) is 64.2 Å². The second-order valence-corrected chi connectivity index (χ2v) is 5.86. The first kappa shape index (κ1) is 12.4. The van der Waals surface area contributed by atoms with E-state index in [-0.39, 0.29) is 0 Å². The van der Waals surface area contributed by atoms with Crippen molar-refractivity contribution in [2.24, 2.45) is 11.8 Å². The SMILES string of the molecule is CCC1CCCC1NCC1CCN(C)CC1. The molecule has 2 rings (SSSR count). The molecule has 2 unspecified atom stereocenters. The molecule has 1 saturated heterocycles. The third-order valence-corrected chi connectivity index (χ3v) is 4.69. The molecule has 0 aromatic rings. The predicted octanol–water partition coefficient (Wildman–Crippen LogP) is 2.50. The van der Waals surface area contributed by atoms with Crippen LogP contribution in [0.4, 0.5) is 0 Å². The molecular weight excluding hydrogens is 196 g/mol. The maximum Gasteiger partial charge on any atom is 0.00953 e. The van der Waals surface area contributed by atoms with E-state index in [1.807, 2.05) is 0 Å². The Hall–Kier alpha value is -0.0800. The lowest BCUT2D eigenvalue weighted by molar-refractivity contribution is 0.209. The lowest BCUT2D eigenvalue weighted by atomic mass is 9.95. The van der Waals surface area contributed by atoms with Gasteiger partial charge in [-0.25, -0.2) is 0 Å². The average molecular weight is 224 g/mol. The second kappa shape index (κ2) is 6.02. The molecule has 1 saturated carbocycles. The first-order chi connectivity index (χ1) is 7.79. The third-order valence-electron chi connectivity index (χ3n) is 4.69. The van der Waals surface area contributed by atoms with Crippen LogP contribution in [0.3, 0.4) is 0 Å². The highest BCUT2D eigenvalue weighted by Gasteiger charge is 2.26. The lowest BCUT2D eigenvalue weighted by Gasteiger charge is -2.30. The topological polar surface area (TPSA) is 15.3 Å². The first-order valence-corrected chi connectivity index (χ1v) is 7.21. The van der Waals surface area contributed by atoms with Gasteiger partial charge in [0.05, 0.1) is 0 Å². The molecule has 2 atom stereocenters. The van der Waals surface area contributed by atoms with Gasteiger partial charge in [-0.3, -0.25) is 0 Å². The summed E-state index contributed by atoms with van der Waals surface area (Å²) in [5.74, 6) is 1.90. The van der Waals surface area contributed by atoms with Crippen molar-refractivity contribution in [2.75, 3.05) is 26.7 Å². The van der Waals surface area contributed by atoms with Crippen LogP contribution in [0.25, 0.3) is 0 Å². The van der Waals surface area contributed by atoms with Gasteiger partial charge in [0.2, 0.25) is 0 Å². The zero-order valence-corrected chi connectivity index (χ0v) is 11.0. The van der Waals surface area contributed by atoms with Crippen LogP contribution < -0.4 is 5.32 Å². The summed E-state index contributed by atoms with van der Waals surface area (Å²) in [5, 5.41) is 3.85. The molecule has 0 radical (unpaired) electrons. The minimum Gasteiger partial charge on any atom is -0.313 e. The number of piperidine rings is 1. The van der Waals surface area contributed by atoms with Crippen LogP contribution in [0, 0.1) is 11.8 Å². The molecule has 1 heterocycles. The molecule has 2 fully saturated rings. The Morgan fingerprint density at radius 3 is 2.56 bits per heavy atom. The van der Waals surface area contributed by atoms with Crippen LogP contribution in [-0.2, 0) is 0 Å². The molecule has 0 amide bonds. The largest absolute Gasteiger partial charge is 0.313 e. The van der Waals surface area contributed by atoms with Gasteiger partial charge in [0.1, 0.15) is 0 Å². The van der Waals surface area contributed by atoms with Crippen molar-refractivity contribution >= 4 is 0 Å². The number of hydrogen-bond donors (Lipinski definition) is 1. The van der Waals surface area contributed by atoms with Crippen LogP contribution in [0.15, 0.2) is 0 Å². The molecule has 0 spiro atoms. The Balaban J connectivity index is 1.67. The van der Waals surface area contributed by atoms with Gasteiger partial charge < -0.3 is 10.2 Å². The fraction of sp³-hybridized carbons (Fsp3) is 1.00. The molecule has 1 aliphatic heterocycles. The van der Waals surface area contributed by atoms with E-state index < -0.39 is 0 Å². The molecule has 94 valence electrons. The zero-order valence-electron chi connectivity index (χ0n) is 11.0. The van der Waals surface area contributed by atoms with Gasteiger partial charge in [0, 0.05) is 6.04 Å². The van der Waals surface area contributed by atoms with Crippen molar-refractivity contribution in [3.63, 3.8) is 0 Å². The summed E-state index contributed by atoms with van der Waals surface area (Å²) in [6.45, 7) is 6.22. The normalized spacial score (nSPS) is 33.4. The number of likely N-dealkylation sites (tertiary alicyclic amines) is 1. The quantitative estimate of drug-likeness (QED) is 0.789. The number of nitrogens with one attached hydrogen (secondary N) is 1.